The normalized spacial score (nSPS) is 7.50. The minimum Gasteiger partial charge on any atom is -2.00 e. The van der Waals surface area contributed by atoms with Crippen molar-refractivity contribution >= 4 is 26.4 Å². The van der Waals surface area contributed by atoms with Gasteiger partial charge in [0, 0.05) is 0 Å². The van der Waals surface area contributed by atoms with Crippen LogP contribution in [0.3, 0.4) is 0 Å². The third-order valence-electron chi connectivity index (χ3n) is 0. The summed E-state index contributed by atoms with van der Waals surface area (Å²) < 4.78 is 0. The van der Waals surface area contributed by atoms with Crippen LogP contribution >= 0.6 is 0 Å². The molecule has 0 rings (SSSR count). The summed E-state index contributed by atoms with van der Waals surface area (Å²) in [5.41, 5.74) is 0. The molecule has 0 radical (unpaired) electrons. The summed E-state index contributed by atoms with van der Waals surface area (Å²) in [4.78, 5) is 34.3. The molecule has 40 valence electrons. The maximum atomic E-state index is 8.58. The average molecular weight is 314 g/mol. The summed E-state index contributed by atoms with van der Waals surface area (Å²) in [5, 5.41) is 0. The van der Waals surface area contributed by atoms with Gasteiger partial charge in [0.05, 0.1) is 0 Å². The van der Waals surface area contributed by atoms with Gasteiger partial charge in [-0.2, -0.15) is 0 Å². The second-order valence-electron chi connectivity index (χ2n) is 0.500. The molecule has 0 aliphatic heterocycles. The molecule has 0 fully saturated rings. The van der Waals surface area contributed by atoms with Gasteiger partial charge >= 0.3 is 43.2 Å². The molecule has 8 heteroatoms. The Hall–Kier alpha value is 1.42. The van der Waals surface area contributed by atoms with E-state index >= 15 is 0 Å². The van der Waals surface area contributed by atoms with E-state index in [1.165, 1.54) is 0 Å². The van der Waals surface area contributed by atoms with Crippen LogP contribution in [0.5, 0.6) is 0 Å². The van der Waals surface area contributed by atoms with E-state index in [9.17, 15) is 0 Å². The standard InChI is InChI=1S/Al.Hf.O4Si.O/c;;1-5(2,3)4;/q+3;+4;-4;-2. The second kappa shape index (κ2) is 8.42. The molecule has 0 aliphatic carbocycles. The Morgan fingerprint density at radius 2 is 0.875 bits per heavy atom. The fraction of sp³-hybridized carbons (Fsp3) is 0. The van der Waals surface area contributed by atoms with E-state index in [2.05, 4.69) is 0 Å². The molecule has 0 spiro atoms. The van der Waals surface area contributed by atoms with Crippen molar-refractivity contribution in [1.82, 2.24) is 0 Å². The molecule has 0 aromatic rings. The topological polar surface area (TPSA) is 121 Å². The van der Waals surface area contributed by atoms with Crippen LogP contribution in [-0.4, -0.2) is 26.4 Å². The molecular weight excluding hydrogens is 314 g/mol. The minimum atomic E-state index is -5.61. The largest absolute Gasteiger partial charge is 4.00 e. The Morgan fingerprint density at radius 3 is 0.875 bits per heavy atom. The fourth-order valence-corrected chi connectivity index (χ4v) is 0. The van der Waals surface area contributed by atoms with Crippen molar-refractivity contribution < 1.29 is 50.5 Å². The van der Waals surface area contributed by atoms with E-state index in [0.29, 0.717) is 0 Å². The average Bonchev–Trinajstić information content (AvgIpc) is 0.722. The Balaban J connectivity index is -0.0000000267. The first kappa shape index (κ1) is 22.7. The fourth-order valence-electron chi connectivity index (χ4n) is 0. The summed E-state index contributed by atoms with van der Waals surface area (Å²) >= 11 is 0. The molecule has 0 bridgehead atoms. The van der Waals surface area contributed by atoms with Crippen LogP contribution in [0.4, 0.5) is 0 Å². The number of rotatable bonds is 0. The zero-order valence-corrected chi connectivity index (χ0v) is 9.37. The first-order valence-corrected chi connectivity index (χ1v) is 2.45. The monoisotopic (exact) mass is 315 g/mol. The Labute approximate surface area is 76.7 Å². The Kier molecular flexibility index (Phi) is 23.9. The first-order valence-electron chi connectivity index (χ1n) is 0.816. The van der Waals surface area contributed by atoms with Crippen LogP contribution in [0.15, 0.2) is 0 Å². The molecule has 0 unspecified atom stereocenters. The van der Waals surface area contributed by atoms with Crippen molar-refractivity contribution in [2.24, 2.45) is 0 Å². The van der Waals surface area contributed by atoms with Gasteiger partial charge in [0.1, 0.15) is 0 Å². The van der Waals surface area contributed by atoms with Crippen molar-refractivity contribution in [2.45, 2.75) is 0 Å². The quantitative estimate of drug-likeness (QED) is 0.414. The van der Waals surface area contributed by atoms with E-state index in [1.807, 2.05) is 0 Å². The summed E-state index contributed by atoms with van der Waals surface area (Å²) in [6.07, 6.45) is 0. The van der Waals surface area contributed by atoms with Gasteiger partial charge in [0.25, 0.3) is 0 Å². The minimum absolute atomic E-state index is 0. The predicted molar refractivity (Wildman–Crippen MR) is 12.2 cm³/mol. The van der Waals surface area contributed by atoms with Crippen LogP contribution in [0.2, 0.25) is 0 Å². The first-order chi connectivity index (χ1) is 2.00. The van der Waals surface area contributed by atoms with Gasteiger partial charge in [-0.05, 0) is 0 Å². The van der Waals surface area contributed by atoms with Gasteiger partial charge in [0.15, 0.2) is 0 Å². The molecule has 0 saturated heterocycles. The van der Waals surface area contributed by atoms with Crippen molar-refractivity contribution in [2.75, 3.05) is 0 Å². The van der Waals surface area contributed by atoms with Gasteiger partial charge in [-0.25, -0.2) is 0 Å². The van der Waals surface area contributed by atoms with Gasteiger partial charge in [0.2, 0.25) is 0 Å². The van der Waals surface area contributed by atoms with Gasteiger partial charge in [-0.15, -0.1) is 0 Å². The third-order valence-corrected chi connectivity index (χ3v) is 0. The van der Waals surface area contributed by atoms with Crippen LogP contribution < -0.4 is 19.2 Å². The van der Waals surface area contributed by atoms with Gasteiger partial charge in [-0.3, -0.25) is 0 Å². The maximum Gasteiger partial charge on any atom is 4.00 e. The number of hydrogen-bond acceptors (Lipinski definition) is 4. The predicted octanol–water partition coefficient (Wildman–Crippen LogP) is -5.64. The van der Waals surface area contributed by atoms with Crippen LogP contribution in [0, 0.1) is 0 Å². The van der Waals surface area contributed by atoms with E-state index in [-0.39, 0.29) is 48.7 Å². The van der Waals surface area contributed by atoms with Crippen LogP contribution in [0.1, 0.15) is 0 Å². The van der Waals surface area contributed by atoms with Crippen molar-refractivity contribution in [3.63, 3.8) is 0 Å². The van der Waals surface area contributed by atoms with Crippen molar-refractivity contribution in [3.05, 3.63) is 0 Å². The molecule has 0 saturated carbocycles. The zero-order valence-electron chi connectivity index (χ0n) is 3.62. The molecule has 8 heavy (non-hydrogen) atoms. The van der Waals surface area contributed by atoms with E-state index in [0.717, 1.165) is 0 Å². The Bertz CT molecular complexity index is 27.9. The second-order valence-corrected chi connectivity index (χ2v) is 1.50. The third kappa shape index (κ3) is 152. The van der Waals surface area contributed by atoms with Crippen LogP contribution in [0.25, 0.3) is 0 Å². The zero-order chi connectivity index (χ0) is 4.50. The molecule has 0 aliphatic rings. The van der Waals surface area contributed by atoms with Gasteiger partial charge in [-0.1, -0.05) is 0 Å². The molecule has 5 nitrogen and oxygen atoms in total. The summed E-state index contributed by atoms with van der Waals surface area (Å²) in [6.45, 7) is 0. The molecule has 0 atom stereocenters. The van der Waals surface area contributed by atoms with Crippen molar-refractivity contribution in [3.8, 4) is 0 Å². The van der Waals surface area contributed by atoms with Crippen molar-refractivity contribution in [1.29, 1.82) is 0 Å². The SMILES string of the molecule is [Al+3].[Hf+4].[O-2].[O-][Si]([O-])([O-])[O-]. The molecule has 0 aromatic carbocycles. The van der Waals surface area contributed by atoms with E-state index < -0.39 is 9.05 Å². The summed E-state index contributed by atoms with van der Waals surface area (Å²) in [6, 6.07) is 0. The smallest absolute Gasteiger partial charge is 2.00 e. The molecule has 0 amide bonds. The summed E-state index contributed by atoms with van der Waals surface area (Å²) in [5.74, 6) is 0. The Morgan fingerprint density at radius 1 is 0.875 bits per heavy atom. The summed E-state index contributed by atoms with van der Waals surface area (Å²) in [7, 11) is -5.61. The van der Waals surface area contributed by atoms with E-state index in [4.69, 9.17) is 19.2 Å². The molecular formula is AlHfO5Si+. The molecule has 0 N–H and O–H groups in total. The van der Waals surface area contributed by atoms with E-state index in [1.54, 1.807) is 0 Å². The van der Waals surface area contributed by atoms with Crippen LogP contribution in [-0.2, 0) is 31.3 Å². The molecule has 0 heterocycles. The van der Waals surface area contributed by atoms with Gasteiger partial charge < -0.3 is 33.7 Å². The number of hydrogen-bond donors (Lipinski definition) is 0. The molecule has 0 aromatic heterocycles. The maximum absolute atomic E-state index is 8.58.